The number of rotatable bonds is 2. The molecule has 0 fully saturated rings. The van der Waals surface area contributed by atoms with Gasteiger partial charge in [-0.1, -0.05) is 36.4 Å². The van der Waals surface area contributed by atoms with E-state index in [9.17, 15) is 14.0 Å². The number of halogens is 1. The third-order valence-corrected chi connectivity index (χ3v) is 4.99. The molecule has 26 heavy (non-hydrogen) atoms. The van der Waals surface area contributed by atoms with Crippen molar-refractivity contribution in [3.8, 4) is 0 Å². The molecule has 2 aromatic rings. The molecule has 0 radical (unpaired) electrons. The van der Waals surface area contributed by atoms with Crippen LogP contribution in [-0.2, 0) is 9.53 Å². The standard InChI is InChI=1S/C21H16FNO3/c1-11-16(21(25)26-2)17(12-7-9-13(22)10-8-12)18-19(23-11)14-5-3-4-6-15(14)20(18)24/h3-10,16-17H,1-2H3/t16?,17-/m1/s1. The predicted octanol–water partition coefficient (Wildman–Crippen LogP) is 3.78. The molecular formula is C21H16FNO3. The number of nitrogens with zero attached hydrogens (tertiary/aromatic N) is 1. The van der Waals surface area contributed by atoms with E-state index in [1.807, 2.05) is 12.1 Å². The van der Waals surface area contributed by atoms with Gasteiger partial charge in [0.25, 0.3) is 0 Å². The Balaban J connectivity index is 1.95. The van der Waals surface area contributed by atoms with Crippen LogP contribution in [0.25, 0.3) is 5.70 Å². The van der Waals surface area contributed by atoms with Crippen LogP contribution in [0.1, 0.15) is 34.3 Å². The average Bonchev–Trinajstić information content (AvgIpc) is 2.93. The Morgan fingerprint density at radius 3 is 2.38 bits per heavy atom. The molecule has 2 atom stereocenters. The number of Topliss-reactive ketones (excluding diaryl/α,β-unsaturated/α-hetero) is 1. The van der Waals surface area contributed by atoms with E-state index in [1.165, 1.54) is 19.2 Å². The van der Waals surface area contributed by atoms with Crippen molar-refractivity contribution in [2.24, 2.45) is 10.9 Å². The lowest BCUT2D eigenvalue weighted by Gasteiger charge is -2.30. The maximum atomic E-state index is 13.4. The van der Waals surface area contributed by atoms with Gasteiger partial charge in [0.15, 0.2) is 5.78 Å². The summed E-state index contributed by atoms with van der Waals surface area (Å²) >= 11 is 0. The number of fused-ring (bicyclic) bond motifs is 2. The molecule has 0 saturated heterocycles. The summed E-state index contributed by atoms with van der Waals surface area (Å²) < 4.78 is 18.4. The fourth-order valence-electron chi connectivity index (χ4n) is 3.81. The van der Waals surface area contributed by atoms with Crippen LogP contribution in [0.15, 0.2) is 59.1 Å². The number of carbonyl (C=O) groups is 2. The molecule has 0 aromatic heterocycles. The van der Waals surface area contributed by atoms with Crippen molar-refractivity contribution in [2.75, 3.05) is 7.11 Å². The van der Waals surface area contributed by atoms with Crippen LogP contribution in [0.5, 0.6) is 0 Å². The number of hydrogen-bond donors (Lipinski definition) is 0. The number of allylic oxidation sites excluding steroid dienone is 1. The molecule has 2 aromatic carbocycles. The highest BCUT2D eigenvalue weighted by Crippen LogP contribution is 2.47. The molecule has 1 unspecified atom stereocenters. The van der Waals surface area contributed by atoms with Crippen LogP contribution in [-0.4, -0.2) is 24.6 Å². The van der Waals surface area contributed by atoms with E-state index < -0.39 is 17.8 Å². The lowest BCUT2D eigenvalue weighted by atomic mass is 9.75. The van der Waals surface area contributed by atoms with Crippen molar-refractivity contribution < 1.29 is 18.7 Å². The van der Waals surface area contributed by atoms with E-state index in [0.29, 0.717) is 28.1 Å². The minimum absolute atomic E-state index is 0.143. The third-order valence-electron chi connectivity index (χ3n) is 4.99. The number of benzene rings is 2. The Bertz CT molecular complexity index is 989. The second-order valence-corrected chi connectivity index (χ2v) is 6.42. The number of ketones is 1. The minimum atomic E-state index is -0.720. The van der Waals surface area contributed by atoms with E-state index in [1.54, 1.807) is 31.2 Å². The lowest BCUT2D eigenvalue weighted by molar-refractivity contribution is -0.143. The van der Waals surface area contributed by atoms with Crippen molar-refractivity contribution in [3.63, 3.8) is 0 Å². The summed E-state index contributed by atoms with van der Waals surface area (Å²) in [5.74, 6) is -2.26. The molecule has 0 saturated carbocycles. The maximum Gasteiger partial charge on any atom is 0.315 e. The van der Waals surface area contributed by atoms with Gasteiger partial charge in [-0.15, -0.1) is 0 Å². The molecular weight excluding hydrogens is 333 g/mol. The molecule has 1 aliphatic carbocycles. The van der Waals surface area contributed by atoms with Crippen LogP contribution in [0, 0.1) is 11.7 Å². The minimum Gasteiger partial charge on any atom is -0.468 e. The number of aliphatic imine (C=N–C) groups is 1. The van der Waals surface area contributed by atoms with Gasteiger partial charge < -0.3 is 4.74 Å². The van der Waals surface area contributed by atoms with Crippen molar-refractivity contribution in [2.45, 2.75) is 12.8 Å². The van der Waals surface area contributed by atoms with Crippen LogP contribution < -0.4 is 0 Å². The summed E-state index contributed by atoms with van der Waals surface area (Å²) in [5.41, 5.74) is 3.67. The highest BCUT2D eigenvalue weighted by molar-refractivity contribution is 6.24. The molecule has 4 rings (SSSR count). The van der Waals surface area contributed by atoms with E-state index in [-0.39, 0.29) is 11.6 Å². The summed E-state index contributed by atoms with van der Waals surface area (Å²) in [7, 11) is 1.31. The zero-order valence-corrected chi connectivity index (χ0v) is 14.3. The van der Waals surface area contributed by atoms with Crippen molar-refractivity contribution in [1.29, 1.82) is 0 Å². The topological polar surface area (TPSA) is 55.7 Å². The molecule has 1 aliphatic heterocycles. The Morgan fingerprint density at radius 1 is 1.08 bits per heavy atom. The Kier molecular flexibility index (Phi) is 3.80. The first kappa shape index (κ1) is 16.4. The second-order valence-electron chi connectivity index (χ2n) is 6.42. The van der Waals surface area contributed by atoms with Crippen molar-refractivity contribution in [3.05, 3.63) is 76.6 Å². The number of carbonyl (C=O) groups excluding carboxylic acids is 2. The van der Waals surface area contributed by atoms with Gasteiger partial charge in [-0.25, -0.2) is 4.39 Å². The summed E-state index contributed by atoms with van der Waals surface area (Å²) in [6.45, 7) is 1.76. The molecule has 0 amide bonds. The van der Waals surface area contributed by atoms with Crippen molar-refractivity contribution in [1.82, 2.24) is 0 Å². The van der Waals surface area contributed by atoms with Gasteiger partial charge in [-0.2, -0.15) is 0 Å². The first-order valence-electron chi connectivity index (χ1n) is 8.29. The largest absolute Gasteiger partial charge is 0.468 e. The zero-order chi connectivity index (χ0) is 18.4. The first-order valence-corrected chi connectivity index (χ1v) is 8.29. The fraction of sp³-hybridized carbons (Fsp3) is 0.190. The van der Waals surface area contributed by atoms with Gasteiger partial charge in [0.05, 0.1) is 12.8 Å². The average molecular weight is 349 g/mol. The van der Waals surface area contributed by atoms with E-state index in [4.69, 9.17) is 4.74 Å². The predicted molar refractivity (Wildman–Crippen MR) is 95.4 cm³/mol. The highest BCUT2D eigenvalue weighted by Gasteiger charge is 2.45. The summed E-state index contributed by atoms with van der Waals surface area (Å²) in [6, 6.07) is 13.1. The molecule has 130 valence electrons. The lowest BCUT2D eigenvalue weighted by Crippen LogP contribution is -2.34. The zero-order valence-electron chi connectivity index (χ0n) is 14.3. The van der Waals surface area contributed by atoms with Gasteiger partial charge in [0.2, 0.25) is 0 Å². The molecule has 4 nitrogen and oxygen atoms in total. The first-order chi connectivity index (χ1) is 12.5. The van der Waals surface area contributed by atoms with Crippen LogP contribution in [0.2, 0.25) is 0 Å². The van der Waals surface area contributed by atoms with E-state index in [2.05, 4.69) is 4.99 Å². The van der Waals surface area contributed by atoms with Crippen molar-refractivity contribution >= 4 is 23.2 Å². The van der Waals surface area contributed by atoms with Crippen LogP contribution in [0.3, 0.4) is 0 Å². The van der Waals surface area contributed by atoms with E-state index in [0.717, 1.165) is 5.56 Å². The number of hydrogen-bond acceptors (Lipinski definition) is 4. The summed E-state index contributed by atoms with van der Waals surface area (Å²) in [6.07, 6.45) is 0. The molecule has 1 heterocycles. The van der Waals surface area contributed by atoms with Gasteiger partial charge in [0, 0.05) is 28.3 Å². The molecule has 0 N–H and O–H groups in total. The summed E-state index contributed by atoms with van der Waals surface area (Å²) in [5, 5.41) is 0. The van der Waals surface area contributed by atoms with Crippen LogP contribution in [0.4, 0.5) is 4.39 Å². The molecule has 5 heteroatoms. The summed E-state index contributed by atoms with van der Waals surface area (Å²) in [4.78, 5) is 30.2. The van der Waals surface area contributed by atoms with Crippen LogP contribution >= 0.6 is 0 Å². The quantitative estimate of drug-likeness (QED) is 0.776. The van der Waals surface area contributed by atoms with Gasteiger partial charge in [0.1, 0.15) is 11.7 Å². The fourth-order valence-corrected chi connectivity index (χ4v) is 3.81. The van der Waals surface area contributed by atoms with Gasteiger partial charge >= 0.3 is 5.97 Å². The smallest absolute Gasteiger partial charge is 0.315 e. The number of methoxy groups -OCH3 is 1. The normalized spacial score (nSPS) is 21.2. The Labute approximate surface area is 150 Å². The Morgan fingerprint density at radius 2 is 1.73 bits per heavy atom. The SMILES string of the molecule is COC(=O)C1C(C)=NC2=C(C(=O)c3ccccc32)[C@@H]1c1ccc(F)cc1. The Hall–Kier alpha value is -3.08. The molecule has 2 aliphatic rings. The number of ether oxygens (including phenoxy) is 1. The molecule has 0 bridgehead atoms. The monoisotopic (exact) mass is 349 g/mol. The number of esters is 1. The van der Waals surface area contributed by atoms with Gasteiger partial charge in [-0.05, 0) is 24.6 Å². The highest BCUT2D eigenvalue weighted by atomic mass is 19.1. The third kappa shape index (κ3) is 2.31. The van der Waals surface area contributed by atoms with Gasteiger partial charge in [-0.3, -0.25) is 14.6 Å². The second kappa shape index (κ2) is 6.02. The molecule has 0 spiro atoms. The van der Waals surface area contributed by atoms with E-state index >= 15 is 0 Å². The maximum absolute atomic E-state index is 13.4.